The van der Waals surface area contributed by atoms with Crippen LogP contribution in [-0.2, 0) is 14.4 Å². The highest BCUT2D eigenvalue weighted by molar-refractivity contribution is 6.06. The van der Waals surface area contributed by atoms with E-state index in [4.69, 9.17) is 16.2 Å². The molecule has 7 nitrogen and oxygen atoms in total. The molecule has 0 saturated carbocycles. The number of rotatable bonds is 7. The summed E-state index contributed by atoms with van der Waals surface area (Å²) in [5, 5.41) is 2.17. The van der Waals surface area contributed by atoms with Gasteiger partial charge in [0, 0.05) is 0 Å². The Morgan fingerprint density at radius 2 is 1.65 bits per heavy atom. The fraction of sp³-hybridized carbons (Fsp3) is 0.438. The molecular weight excluding hydrogens is 298 g/mol. The lowest BCUT2D eigenvalue weighted by Crippen LogP contribution is -2.55. The molecule has 1 aromatic carbocycles. The predicted molar refractivity (Wildman–Crippen MR) is 85.7 cm³/mol. The van der Waals surface area contributed by atoms with Crippen molar-refractivity contribution in [1.82, 2.24) is 5.32 Å². The molecule has 0 unspecified atom stereocenters. The molecule has 126 valence electrons. The fourth-order valence-corrected chi connectivity index (χ4v) is 2.17. The van der Waals surface area contributed by atoms with Crippen molar-refractivity contribution in [2.24, 2.45) is 11.5 Å². The van der Waals surface area contributed by atoms with Crippen LogP contribution in [0.2, 0.25) is 0 Å². The van der Waals surface area contributed by atoms with Gasteiger partial charge in [0.2, 0.25) is 11.8 Å². The SMILES string of the molecule is Cc1cc(O[C@@H](C)C(=O)NC(C(N)=O)C(N)=O)ccc1C(C)C. The number of amides is 3. The first-order chi connectivity index (χ1) is 10.6. The highest BCUT2D eigenvalue weighted by Gasteiger charge is 2.26. The highest BCUT2D eigenvalue weighted by atomic mass is 16.5. The average Bonchev–Trinajstić information content (AvgIpc) is 2.43. The minimum absolute atomic E-state index is 0.386. The molecule has 0 aliphatic rings. The van der Waals surface area contributed by atoms with E-state index in [0.29, 0.717) is 11.7 Å². The van der Waals surface area contributed by atoms with Crippen LogP contribution in [0.25, 0.3) is 0 Å². The van der Waals surface area contributed by atoms with Crippen LogP contribution in [0.5, 0.6) is 5.75 Å². The second-order valence-corrected chi connectivity index (χ2v) is 5.68. The van der Waals surface area contributed by atoms with Crippen LogP contribution >= 0.6 is 0 Å². The number of primary amides is 2. The van der Waals surface area contributed by atoms with Crippen LogP contribution < -0.4 is 21.5 Å². The minimum atomic E-state index is -1.56. The lowest BCUT2D eigenvalue weighted by molar-refractivity contribution is -0.136. The maximum atomic E-state index is 12.0. The van der Waals surface area contributed by atoms with Gasteiger partial charge in [0.1, 0.15) is 5.75 Å². The molecule has 23 heavy (non-hydrogen) atoms. The molecule has 0 aliphatic heterocycles. The summed E-state index contributed by atoms with van der Waals surface area (Å²) in [6.07, 6.45) is -0.916. The van der Waals surface area contributed by atoms with Gasteiger partial charge in [-0.25, -0.2) is 0 Å². The molecule has 0 radical (unpaired) electrons. The molecular formula is C16H23N3O4. The molecule has 1 rings (SSSR count). The smallest absolute Gasteiger partial charge is 0.261 e. The Hall–Kier alpha value is -2.57. The van der Waals surface area contributed by atoms with E-state index >= 15 is 0 Å². The van der Waals surface area contributed by atoms with Crippen LogP contribution in [0.3, 0.4) is 0 Å². The number of carbonyl (C=O) groups excluding carboxylic acids is 3. The van der Waals surface area contributed by atoms with Gasteiger partial charge < -0.3 is 21.5 Å². The Labute approximate surface area is 135 Å². The highest BCUT2D eigenvalue weighted by Crippen LogP contribution is 2.24. The number of carbonyl (C=O) groups is 3. The molecule has 0 bridgehead atoms. The zero-order chi connectivity index (χ0) is 17.7. The topological polar surface area (TPSA) is 125 Å². The molecule has 1 aromatic rings. The van der Waals surface area contributed by atoms with Crippen molar-refractivity contribution >= 4 is 17.7 Å². The molecule has 0 fully saturated rings. The first-order valence-electron chi connectivity index (χ1n) is 7.29. The van der Waals surface area contributed by atoms with Crippen LogP contribution in [-0.4, -0.2) is 29.9 Å². The number of benzene rings is 1. The van der Waals surface area contributed by atoms with Crippen molar-refractivity contribution in [2.75, 3.05) is 0 Å². The molecule has 7 heteroatoms. The molecule has 1 atom stereocenters. The van der Waals surface area contributed by atoms with Gasteiger partial charge >= 0.3 is 0 Å². The minimum Gasteiger partial charge on any atom is -0.481 e. The average molecular weight is 321 g/mol. The summed E-state index contributed by atoms with van der Waals surface area (Å²) >= 11 is 0. The summed E-state index contributed by atoms with van der Waals surface area (Å²) in [6.45, 7) is 7.64. The Balaban J connectivity index is 2.77. The third-order valence-electron chi connectivity index (χ3n) is 3.40. The summed E-state index contributed by atoms with van der Waals surface area (Å²) in [5.41, 5.74) is 12.3. The number of aryl methyl sites for hydroxylation is 1. The quantitative estimate of drug-likeness (QED) is 0.626. The van der Waals surface area contributed by atoms with Crippen molar-refractivity contribution in [3.63, 3.8) is 0 Å². The summed E-state index contributed by atoms with van der Waals surface area (Å²) in [5.74, 6) is -1.79. The summed E-state index contributed by atoms with van der Waals surface area (Å²) in [6, 6.07) is 3.98. The first kappa shape index (κ1) is 18.5. The zero-order valence-corrected chi connectivity index (χ0v) is 13.8. The monoisotopic (exact) mass is 321 g/mol. The van der Waals surface area contributed by atoms with E-state index in [1.54, 1.807) is 6.07 Å². The Morgan fingerprint density at radius 3 is 2.09 bits per heavy atom. The molecule has 0 saturated heterocycles. The van der Waals surface area contributed by atoms with E-state index in [9.17, 15) is 14.4 Å². The number of nitrogens with two attached hydrogens (primary N) is 2. The van der Waals surface area contributed by atoms with Crippen molar-refractivity contribution in [1.29, 1.82) is 0 Å². The van der Waals surface area contributed by atoms with Crippen molar-refractivity contribution in [2.45, 2.75) is 45.8 Å². The van der Waals surface area contributed by atoms with E-state index in [1.807, 2.05) is 19.1 Å². The number of hydrogen-bond donors (Lipinski definition) is 3. The van der Waals surface area contributed by atoms with E-state index in [0.717, 1.165) is 5.56 Å². The second-order valence-electron chi connectivity index (χ2n) is 5.68. The van der Waals surface area contributed by atoms with Gasteiger partial charge in [-0.3, -0.25) is 14.4 Å². The number of nitrogens with one attached hydrogen (secondary N) is 1. The lowest BCUT2D eigenvalue weighted by atomic mass is 9.98. The van der Waals surface area contributed by atoms with Crippen LogP contribution in [0.15, 0.2) is 18.2 Å². The summed E-state index contributed by atoms with van der Waals surface area (Å²) in [7, 11) is 0. The molecule has 0 spiro atoms. The number of hydrogen-bond acceptors (Lipinski definition) is 4. The maximum Gasteiger partial charge on any atom is 0.261 e. The van der Waals surface area contributed by atoms with Crippen molar-refractivity contribution < 1.29 is 19.1 Å². The molecule has 5 N–H and O–H groups in total. The van der Waals surface area contributed by atoms with Gasteiger partial charge in [-0.15, -0.1) is 0 Å². The second kappa shape index (κ2) is 7.62. The third-order valence-corrected chi connectivity index (χ3v) is 3.40. The van der Waals surface area contributed by atoms with Gasteiger partial charge in [0.15, 0.2) is 12.1 Å². The van der Waals surface area contributed by atoms with Crippen LogP contribution in [0.4, 0.5) is 0 Å². The van der Waals surface area contributed by atoms with E-state index in [-0.39, 0.29) is 0 Å². The van der Waals surface area contributed by atoms with E-state index in [1.165, 1.54) is 12.5 Å². The van der Waals surface area contributed by atoms with Gasteiger partial charge in [-0.1, -0.05) is 19.9 Å². The number of ether oxygens (including phenoxy) is 1. The summed E-state index contributed by atoms with van der Waals surface area (Å²) < 4.78 is 5.54. The Morgan fingerprint density at radius 1 is 1.09 bits per heavy atom. The van der Waals surface area contributed by atoms with E-state index < -0.39 is 29.9 Å². The molecule has 0 aliphatic carbocycles. The lowest BCUT2D eigenvalue weighted by Gasteiger charge is -2.18. The van der Waals surface area contributed by atoms with Gasteiger partial charge in [-0.2, -0.15) is 0 Å². The standard InChI is InChI=1S/C16H23N3O4/c1-8(2)12-6-5-11(7-9(12)3)23-10(4)16(22)19-13(14(17)20)15(18)21/h5-8,10,13H,1-4H3,(H2,17,20)(H2,18,21)(H,19,22)/t10-/m0/s1. The van der Waals surface area contributed by atoms with Crippen LogP contribution in [0.1, 0.15) is 37.8 Å². The molecule has 3 amide bonds. The Bertz CT molecular complexity index is 599. The third kappa shape index (κ3) is 4.98. The van der Waals surface area contributed by atoms with E-state index in [2.05, 4.69) is 19.2 Å². The van der Waals surface area contributed by atoms with Gasteiger partial charge in [0.05, 0.1) is 0 Å². The molecule has 0 aromatic heterocycles. The zero-order valence-electron chi connectivity index (χ0n) is 13.8. The molecule has 0 heterocycles. The predicted octanol–water partition coefficient (Wildman–Crippen LogP) is 0.341. The Kier molecular flexibility index (Phi) is 6.12. The van der Waals surface area contributed by atoms with Crippen molar-refractivity contribution in [3.8, 4) is 5.75 Å². The van der Waals surface area contributed by atoms with Crippen LogP contribution in [0, 0.1) is 6.92 Å². The maximum absolute atomic E-state index is 12.0. The summed E-state index contributed by atoms with van der Waals surface area (Å²) in [4.78, 5) is 34.1. The first-order valence-corrected chi connectivity index (χ1v) is 7.29. The fourth-order valence-electron chi connectivity index (χ4n) is 2.17. The van der Waals surface area contributed by atoms with Crippen molar-refractivity contribution in [3.05, 3.63) is 29.3 Å². The largest absolute Gasteiger partial charge is 0.481 e. The van der Waals surface area contributed by atoms with Gasteiger partial charge in [-0.05, 0) is 43.0 Å². The van der Waals surface area contributed by atoms with Gasteiger partial charge in [0.25, 0.3) is 5.91 Å². The normalized spacial score (nSPS) is 12.1.